The Morgan fingerprint density at radius 3 is 1.84 bits per heavy atom. The molecule has 0 aliphatic rings. The van der Waals surface area contributed by atoms with Crippen LogP contribution in [0.5, 0.6) is 0 Å². The number of nitro groups is 2. The van der Waals surface area contributed by atoms with Crippen molar-refractivity contribution >= 4 is 35.0 Å². The highest BCUT2D eigenvalue weighted by atomic mass is 32.1. The molecule has 1 atom stereocenters. The molecule has 1 unspecified atom stereocenters. The number of esters is 2. The van der Waals surface area contributed by atoms with Gasteiger partial charge in [0.05, 0.1) is 29.6 Å². The van der Waals surface area contributed by atoms with E-state index in [2.05, 4.69) is 9.47 Å². The molecule has 32 heavy (non-hydrogen) atoms. The van der Waals surface area contributed by atoms with Crippen molar-refractivity contribution in [3.63, 3.8) is 0 Å². The van der Waals surface area contributed by atoms with Gasteiger partial charge in [-0.25, -0.2) is 18.4 Å². The average molecular weight is 471 g/mol. The predicted octanol–water partition coefficient (Wildman–Crippen LogP) is 3.07. The Bertz CT molecular complexity index is 1140. The molecule has 0 saturated heterocycles. The number of nitro benzene ring substituents is 2. The topological polar surface area (TPSA) is 156 Å². The third kappa shape index (κ3) is 4.85. The highest BCUT2D eigenvalue weighted by molar-refractivity contribution is 7.65. The normalized spacial score (nSPS) is 11.4. The van der Waals surface area contributed by atoms with E-state index in [1.54, 1.807) is 0 Å². The summed E-state index contributed by atoms with van der Waals surface area (Å²) in [5, 5.41) is 21.1. The van der Waals surface area contributed by atoms with Crippen molar-refractivity contribution in [3.8, 4) is 0 Å². The summed E-state index contributed by atoms with van der Waals surface area (Å²) in [6, 6.07) is 2.40. The quantitative estimate of drug-likeness (QED) is 0.244. The number of carbonyl (C=O) groups excluding carboxylic acids is 2. The van der Waals surface area contributed by atoms with Crippen LogP contribution in [0.3, 0.4) is 0 Å². The van der Waals surface area contributed by atoms with Gasteiger partial charge >= 0.3 is 23.6 Å². The second-order valence-corrected chi connectivity index (χ2v) is 6.90. The van der Waals surface area contributed by atoms with Crippen molar-refractivity contribution in [3.05, 3.63) is 78.4 Å². The molecule has 0 N–H and O–H groups in total. The third-order valence-electron chi connectivity index (χ3n) is 4.35. The molecule has 11 nitrogen and oxygen atoms in total. The lowest BCUT2D eigenvalue weighted by atomic mass is 9.98. The van der Waals surface area contributed by atoms with E-state index in [4.69, 9.17) is 0 Å². The molecular weight excluding hydrogens is 458 g/mol. The number of hydrogen-bond donors (Lipinski definition) is 0. The molecule has 0 aliphatic heterocycles. The summed E-state index contributed by atoms with van der Waals surface area (Å²) in [5.74, 6) is -4.65. The van der Waals surface area contributed by atoms with Crippen LogP contribution in [0.15, 0.2) is 24.3 Å². The summed E-state index contributed by atoms with van der Waals surface area (Å²) >= 11 is -0.247. The van der Waals surface area contributed by atoms with Crippen molar-refractivity contribution < 1.29 is 41.9 Å². The van der Waals surface area contributed by atoms with E-state index in [1.165, 1.54) is 0 Å². The first-order chi connectivity index (χ1) is 15.0. The van der Waals surface area contributed by atoms with Gasteiger partial charge in [-0.1, -0.05) is 0 Å². The van der Waals surface area contributed by atoms with Crippen molar-refractivity contribution in [2.75, 3.05) is 14.2 Å². The van der Waals surface area contributed by atoms with Gasteiger partial charge in [0.1, 0.15) is 22.8 Å². The molecule has 2 aromatic carbocycles. The fraction of sp³-hybridized carbons (Fsp3) is 0.222. The van der Waals surface area contributed by atoms with E-state index >= 15 is 0 Å². The number of nitrogens with zero attached hydrogens (tertiary/aromatic N) is 2. The van der Waals surface area contributed by atoms with Crippen LogP contribution >= 0.6 is 0 Å². The van der Waals surface area contributed by atoms with Crippen LogP contribution in [0.4, 0.5) is 20.2 Å². The molecule has 0 saturated carbocycles. The van der Waals surface area contributed by atoms with E-state index in [0.29, 0.717) is 24.3 Å². The molecule has 2 rings (SSSR count). The van der Waals surface area contributed by atoms with Crippen LogP contribution < -0.4 is 0 Å². The van der Waals surface area contributed by atoms with Gasteiger partial charge in [-0.05, 0) is 12.1 Å². The monoisotopic (exact) mass is 471 g/mol. The summed E-state index contributed by atoms with van der Waals surface area (Å²) in [7, 11) is 1.87. The van der Waals surface area contributed by atoms with Crippen LogP contribution in [0.2, 0.25) is 0 Å². The van der Waals surface area contributed by atoms with Crippen LogP contribution in [-0.2, 0) is 31.8 Å². The van der Waals surface area contributed by atoms with Gasteiger partial charge in [0, 0.05) is 28.3 Å². The Morgan fingerprint density at radius 2 is 1.41 bits per heavy atom. The van der Waals surface area contributed by atoms with E-state index in [-0.39, 0.29) is 11.7 Å². The number of carbonyl (C=O) groups is 2. The standard InChI is InChI=1S/C18H13F2N2O9S/c1-30-17(23)10-5-12(19)8(3-14(10)21(25)26)4-16(32-29)9-7-15(22(27)28)11(6-13(9)20)18(24)31-2/h3,5-7,16H,4H2,1-2H3/q+1. The minimum absolute atomic E-state index is 0.247. The summed E-state index contributed by atoms with van der Waals surface area (Å²) in [4.78, 5) is 43.9. The van der Waals surface area contributed by atoms with Gasteiger partial charge in [-0.15, -0.1) is 0 Å². The lowest BCUT2D eigenvalue weighted by molar-refractivity contribution is -0.385. The fourth-order valence-electron chi connectivity index (χ4n) is 2.83. The van der Waals surface area contributed by atoms with Crippen molar-refractivity contribution in [1.29, 1.82) is 0 Å². The minimum Gasteiger partial charge on any atom is -0.465 e. The first-order valence-corrected chi connectivity index (χ1v) is 9.26. The van der Waals surface area contributed by atoms with Gasteiger partial charge in [-0.2, -0.15) is 0 Å². The number of halogens is 2. The van der Waals surface area contributed by atoms with Gasteiger partial charge in [-0.3, -0.25) is 20.2 Å². The fourth-order valence-corrected chi connectivity index (χ4v) is 3.36. The number of hydrogen-bond acceptors (Lipinski definition) is 9. The van der Waals surface area contributed by atoms with E-state index in [0.717, 1.165) is 14.2 Å². The number of methoxy groups -OCH3 is 2. The van der Waals surface area contributed by atoms with Crippen molar-refractivity contribution in [1.82, 2.24) is 0 Å². The van der Waals surface area contributed by atoms with Crippen molar-refractivity contribution in [2.45, 2.75) is 11.7 Å². The first kappa shape index (κ1) is 24.3. The molecular formula is C18H13F2N2O9S+. The predicted molar refractivity (Wildman–Crippen MR) is 103 cm³/mol. The van der Waals surface area contributed by atoms with Crippen LogP contribution in [-0.4, -0.2) is 36.0 Å². The first-order valence-electron chi connectivity index (χ1n) is 8.45. The average Bonchev–Trinajstić information content (AvgIpc) is 2.76. The molecule has 0 radical (unpaired) electrons. The Hall–Kier alpha value is -3.94. The highest BCUT2D eigenvalue weighted by Crippen LogP contribution is 2.32. The van der Waals surface area contributed by atoms with E-state index in [9.17, 15) is 42.8 Å². The smallest absolute Gasteiger partial charge is 0.465 e. The molecule has 2 aromatic rings. The molecule has 0 fully saturated rings. The zero-order valence-electron chi connectivity index (χ0n) is 16.3. The lowest BCUT2D eigenvalue weighted by Gasteiger charge is -2.09. The Labute approximate surface area is 181 Å². The maximum Gasteiger partial charge on any atom is 0.467 e. The summed E-state index contributed by atoms with van der Waals surface area (Å²) in [6.45, 7) is 0. The molecule has 0 aromatic heterocycles. The second-order valence-electron chi connectivity index (χ2n) is 6.14. The molecule has 14 heteroatoms. The highest BCUT2D eigenvalue weighted by Gasteiger charge is 2.35. The zero-order chi connectivity index (χ0) is 24.2. The third-order valence-corrected chi connectivity index (χ3v) is 5.01. The number of ether oxygens (including phenoxy) is 2. The largest absolute Gasteiger partial charge is 0.467 e. The molecule has 0 bridgehead atoms. The SMILES string of the molecule is COC(=O)c1cc(F)c(CC([S+]=O)c2cc([N+](=O)[O-])c(C(=O)OC)cc2F)cc1[N+](=O)[O-]. The minimum atomic E-state index is -1.47. The van der Waals surface area contributed by atoms with Gasteiger partial charge in [0.15, 0.2) is 0 Å². The van der Waals surface area contributed by atoms with Gasteiger partial charge in [0.25, 0.3) is 16.6 Å². The second kappa shape index (κ2) is 9.91. The van der Waals surface area contributed by atoms with Crippen molar-refractivity contribution in [2.24, 2.45) is 0 Å². The Kier molecular flexibility index (Phi) is 7.54. The molecule has 0 aliphatic carbocycles. The van der Waals surface area contributed by atoms with Gasteiger partial charge in [0.2, 0.25) is 0 Å². The Morgan fingerprint density at radius 1 is 0.938 bits per heavy atom. The summed E-state index contributed by atoms with van der Waals surface area (Å²) < 4.78 is 49.5. The maximum atomic E-state index is 14.6. The van der Waals surface area contributed by atoms with Gasteiger partial charge < -0.3 is 9.47 Å². The van der Waals surface area contributed by atoms with Crippen LogP contribution in [0.1, 0.15) is 37.1 Å². The molecule has 0 heterocycles. The summed E-state index contributed by atoms with van der Waals surface area (Å²) in [6.07, 6.45) is -0.617. The van der Waals surface area contributed by atoms with Crippen LogP contribution in [0.25, 0.3) is 0 Å². The molecule has 168 valence electrons. The molecule has 0 amide bonds. The lowest BCUT2D eigenvalue weighted by Crippen LogP contribution is -2.12. The summed E-state index contributed by atoms with van der Waals surface area (Å²) in [5.41, 5.74) is -3.97. The maximum absolute atomic E-state index is 14.6. The number of benzene rings is 2. The zero-order valence-corrected chi connectivity index (χ0v) is 17.1. The number of rotatable bonds is 8. The van der Waals surface area contributed by atoms with E-state index < -0.39 is 78.7 Å². The Balaban J connectivity index is 2.59. The molecule has 0 spiro atoms. The van der Waals surface area contributed by atoms with E-state index in [1.807, 2.05) is 0 Å². The van der Waals surface area contributed by atoms with Crippen LogP contribution in [0, 0.1) is 31.9 Å².